The van der Waals surface area contributed by atoms with Crippen LogP contribution in [0, 0.1) is 0 Å². The first-order valence-corrected chi connectivity index (χ1v) is 3.87. The lowest BCUT2D eigenvalue weighted by Crippen LogP contribution is -2.32. The number of hydrogen-bond acceptors (Lipinski definition) is 2. The Labute approximate surface area is 67.2 Å². The van der Waals surface area contributed by atoms with Crippen LogP contribution in [-0.4, -0.2) is 17.0 Å². The van der Waals surface area contributed by atoms with Crippen LogP contribution in [0.3, 0.4) is 0 Å². The molecule has 62 valence electrons. The first-order valence-electron chi connectivity index (χ1n) is 3.87. The summed E-state index contributed by atoms with van der Waals surface area (Å²) in [4.78, 5) is 0. The van der Waals surface area contributed by atoms with E-state index in [1.807, 2.05) is 26.0 Å². The van der Waals surface area contributed by atoms with Crippen molar-refractivity contribution in [2.45, 2.75) is 32.2 Å². The zero-order valence-corrected chi connectivity index (χ0v) is 6.95. The van der Waals surface area contributed by atoms with E-state index in [4.69, 9.17) is 4.74 Å². The molecule has 1 rings (SSSR count). The average molecular weight is 154 g/mol. The van der Waals surface area contributed by atoms with Gasteiger partial charge >= 0.3 is 0 Å². The van der Waals surface area contributed by atoms with Crippen molar-refractivity contribution in [1.82, 2.24) is 0 Å². The molecule has 1 N–H and O–H groups in total. The summed E-state index contributed by atoms with van der Waals surface area (Å²) in [5.74, 6) is -1.07. The number of aliphatic hydroxyl groups is 1. The molecule has 0 aromatic carbocycles. The van der Waals surface area contributed by atoms with Crippen LogP contribution in [0.2, 0.25) is 0 Å². The number of allylic oxidation sites excluding steroid dienone is 2. The molecule has 1 unspecified atom stereocenters. The molecule has 1 aliphatic rings. The van der Waals surface area contributed by atoms with E-state index in [-0.39, 0.29) is 6.10 Å². The van der Waals surface area contributed by atoms with Crippen molar-refractivity contribution in [3.05, 3.63) is 24.3 Å². The third kappa shape index (κ3) is 2.48. The average Bonchev–Trinajstić information content (AvgIpc) is 1.85. The summed E-state index contributed by atoms with van der Waals surface area (Å²) in [7, 11) is 0. The summed E-state index contributed by atoms with van der Waals surface area (Å²) < 4.78 is 5.30. The van der Waals surface area contributed by atoms with Crippen LogP contribution in [0.5, 0.6) is 0 Å². The number of ether oxygens (including phenoxy) is 1. The zero-order chi connectivity index (χ0) is 8.32. The highest BCUT2D eigenvalue weighted by molar-refractivity contribution is 5.14. The molecule has 0 aromatic heterocycles. The van der Waals surface area contributed by atoms with Crippen molar-refractivity contribution in [1.29, 1.82) is 0 Å². The largest absolute Gasteiger partial charge is 0.362 e. The lowest BCUT2D eigenvalue weighted by atomic mass is 10.1. The van der Waals surface area contributed by atoms with Crippen LogP contribution in [0.25, 0.3) is 0 Å². The monoisotopic (exact) mass is 154 g/mol. The summed E-state index contributed by atoms with van der Waals surface area (Å²) in [5, 5.41) is 9.68. The third-order valence-corrected chi connectivity index (χ3v) is 1.45. The first-order chi connectivity index (χ1) is 5.12. The van der Waals surface area contributed by atoms with Gasteiger partial charge in [0.05, 0.1) is 6.10 Å². The normalized spacial score (nSPS) is 29.8. The topological polar surface area (TPSA) is 29.5 Å². The second kappa shape index (κ2) is 3.20. The van der Waals surface area contributed by atoms with E-state index in [1.54, 1.807) is 12.2 Å². The van der Waals surface area contributed by atoms with Crippen molar-refractivity contribution >= 4 is 0 Å². The standard InChI is InChI=1S/C9H14O2/c1-8(2)11-9(10)6-4-3-5-7-9/h3-6,8,10H,7H2,1-2H3. The van der Waals surface area contributed by atoms with Gasteiger partial charge in [0.15, 0.2) is 5.79 Å². The van der Waals surface area contributed by atoms with Gasteiger partial charge in [0.1, 0.15) is 0 Å². The van der Waals surface area contributed by atoms with Crippen LogP contribution in [0.1, 0.15) is 20.3 Å². The minimum Gasteiger partial charge on any atom is -0.362 e. The summed E-state index contributed by atoms with van der Waals surface area (Å²) in [6.45, 7) is 3.81. The van der Waals surface area contributed by atoms with Gasteiger partial charge in [-0.25, -0.2) is 0 Å². The highest BCUT2D eigenvalue weighted by Gasteiger charge is 2.24. The Bertz CT molecular complexity index is 182. The molecule has 1 atom stereocenters. The van der Waals surface area contributed by atoms with Crippen LogP contribution < -0.4 is 0 Å². The van der Waals surface area contributed by atoms with E-state index in [0.29, 0.717) is 6.42 Å². The van der Waals surface area contributed by atoms with Gasteiger partial charge in [-0.3, -0.25) is 0 Å². The van der Waals surface area contributed by atoms with Gasteiger partial charge in [0.25, 0.3) is 0 Å². The fourth-order valence-electron chi connectivity index (χ4n) is 1.08. The fraction of sp³-hybridized carbons (Fsp3) is 0.556. The summed E-state index contributed by atoms with van der Waals surface area (Å²) in [6.07, 6.45) is 7.86. The fourth-order valence-corrected chi connectivity index (χ4v) is 1.08. The zero-order valence-electron chi connectivity index (χ0n) is 6.95. The van der Waals surface area contributed by atoms with E-state index >= 15 is 0 Å². The smallest absolute Gasteiger partial charge is 0.189 e. The maximum absolute atomic E-state index is 9.68. The van der Waals surface area contributed by atoms with Gasteiger partial charge in [0.2, 0.25) is 0 Å². The van der Waals surface area contributed by atoms with Crippen LogP contribution in [-0.2, 0) is 4.74 Å². The van der Waals surface area contributed by atoms with E-state index in [1.165, 1.54) is 0 Å². The Hall–Kier alpha value is -0.600. The lowest BCUT2D eigenvalue weighted by molar-refractivity contribution is -0.186. The van der Waals surface area contributed by atoms with Gasteiger partial charge in [0, 0.05) is 6.42 Å². The minimum atomic E-state index is -1.07. The molecule has 0 bridgehead atoms. The maximum Gasteiger partial charge on any atom is 0.189 e. The molecule has 0 aromatic rings. The molecule has 0 fully saturated rings. The molecular formula is C9H14O2. The highest BCUT2D eigenvalue weighted by atomic mass is 16.6. The molecule has 0 saturated carbocycles. The van der Waals surface area contributed by atoms with Crippen molar-refractivity contribution in [3.63, 3.8) is 0 Å². The van der Waals surface area contributed by atoms with Crippen LogP contribution in [0.15, 0.2) is 24.3 Å². The molecule has 1 aliphatic carbocycles. The predicted octanol–water partition coefficient (Wildman–Crippen LogP) is 1.62. The summed E-state index contributed by atoms with van der Waals surface area (Å²) >= 11 is 0. The third-order valence-electron chi connectivity index (χ3n) is 1.45. The van der Waals surface area contributed by atoms with Crippen molar-refractivity contribution in [2.24, 2.45) is 0 Å². The van der Waals surface area contributed by atoms with Crippen LogP contribution in [0.4, 0.5) is 0 Å². The van der Waals surface area contributed by atoms with Crippen molar-refractivity contribution < 1.29 is 9.84 Å². The molecule has 2 nitrogen and oxygen atoms in total. The quantitative estimate of drug-likeness (QED) is 0.612. The van der Waals surface area contributed by atoms with Gasteiger partial charge in [-0.1, -0.05) is 18.2 Å². The molecule has 0 heterocycles. The van der Waals surface area contributed by atoms with Crippen molar-refractivity contribution in [3.8, 4) is 0 Å². The second-order valence-electron chi connectivity index (χ2n) is 3.00. The summed E-state index contributed by atoms with van der Waals surface area (Å²) in [5.41, 5.74) is 0. The lowest BCUT2D eigenvalue weighted by Gasteiger charge is -2.27. The van der Waals surface area contributed by atoms with Gasteiger partial charge in [-0.05, 0) is 19.9 Å². The Balaban J connectivity index is 2.54. The maximum atomic E-state index is 9.68. The van der Waals surface area contributed by atoms with Gasteiger partial charge < -0.3 is 9.84 Å². The molecule has 0 radical (unpaired) electrons. The minimum absolute atomic E-state index is 0.0520. The molecule has 0 saturated heterocycles. The Morgan fingerprint density at radius 1 is 1.45 bits per heavy atom. The molecule has 0 spiro atoms. The van der Waals surface area contributed by atoms with Gasteiger partial charge in [-0.15, -0.1) is 0 Å². The van der Waals surface area contributed by atoms with Crippen molar-refractivity contribution in [2.75, 3.05) is 0 Å². The molecule has 11 heavy (non-hydrogen) atoms. The molecule has 0 aliphatic heterocycles. The highest BCUT2D eigenvalue weighted by Crippen LogP contribution is 2.20. The second-order valence-corrected chi connectivity index (χ2v) is 3.00. The molecular weight excluding hydrogens is 140 g/mol. The Morgan fingerprint density at radius 3 is 2.64 bits per heavy atom. The summed E-state index contributed by atoms with van der Waals surface area (Å²) in [6, 6.07) is 0. The van der Waals surface area contributed by atoms with E-state index < -0.39 is 5.79 Å². The van der Waals surface area contributed by atoms with E-state index in [0.717, 1.165) is 0 Å². The van der Waals surface area contributed by atoms with E-state index in [9.17, 15) is 5.11 Å². The van der Waals surface area contributed by atoms with Gasteiger partial charge in [-0.2, -0.15) is 0 Å². The first kappa shape index (κ1) is 8.50. The number of hydrogen-bond donors (Lipinski definition) is 1. The predicted molar refractivity (Wildman–Crippen MR) is 44.1 cm³/mol. The SMILES string of the molecule is CC(C)OC1(O)C=CC=CC1. The molecule has 2 heteroatoms. The van der Waals surface area contributed by atoms with Crippen LogP contribution >= 0.6 is 0 Å². The Kier molecular flexibility index (Phi) is 2.47. The molecule has 0 amide bonds. The van der Waals surface area contributed by atoms with E-state index in [2.05, 4.69) is 0 Å². The number of rotatable bonds is 2. The Morgan fingerprint density at radius 2 is 2.18 bits per heavy atom.